The molecule has 0 aliphatic carbocycles. The van der Waals surface area contributed by atoms with Crippen LogP contribution in [-0.4, -0.2) is 35.0 Å². The van der Waals surface area contributed by atoms with Gasteiger partial charge >= 0.3 is 0 Å². The molecular formula is C9H16N4O2S. The first-order chi connectivity index (χ1) is 7.36. The number of nitrogen functional groups attached to an aromatic ring is 1. The van der Waals surface area contributed by atoms with E-state index in [0.717, 1.165) is 12.8 Å². The molecule has 16 heavy (non-hydrogen) atoms. The van der Waals surface area contributed by atoms with E-state index < -0.39 is 10.0 Å². The van der Waals surface area contributed by atoms with Gasteiger partial charge in [0.15, 0.2) is 0 Å². The first-order valence-corrected chi connectivity index (χ1v) is 6.61. The lowest BCUT2D eigenvalue weighted by atomic mass is 10.0. The lowest BCUT2D eigenvalue weighted by Gasteiger charge is -2.30. The van der Waals surface area contributed by atoms with Crippen molar-refractivity contribution in [1.82, 2.24) is 14.5 Å². The normalized spacial score (nSPS) is 21.4. The quantitative estimate of drug-likeness (QED) is 0.795. The van der Waals surface area contributed by atoms with Crippen LogP contribution in [0, 0.1) is 0 Å². The predicted octanol–water partition coefficient (Wildman–Crippen LogP) is 0.555. The van der Waals surface area contributed by atoms with Gasteiger partial charge in [-0.2, -0.15) is 9.40 Å². The lowest BCUT2D eigenvalue weighted by Crippen LogP contribution is -2.42. The summed E-state index contributed by atoms with van der Waals surface area (Å²) < 4.78 is 26.1. The second-order valence-electron chi connectivity index (χ2n) is 4.64. The number of nitrogens with one attached hydrogen (secondary N) is 1. The van der Waals surface area contributed by atoms with Gasteiger partial charge in [0, 0.05) is 12.1 Å². The van der Waals surface area contributed by atoms with E-state index in [9.17, 15) is 8.42 Å². The van der Waals surface area contributed by atoms with Crippen molar-refractivity contribution < 1.29 is 8.42 Å². The molecule has 0 bridgehead atoms. The number of rotatable bonds is 2. The van der Waals surface area contributed by atoms with Crippen molar-refractivity contribution in [2.24, 2.45) is 0 Å². The molecule has 1 saturated heterocycles. The number of hydrogen-bond donors (Lipinski definition) is 2. The third-order valence-electron chi connectivity index (χ3n) is 3.03. The number of aromatic nitrogens is 2. The number of H-pyrrole nitrogens is 1. The number of anilines is 1. The standard InChI is InChI=1S/C9H16N4O2S/c1-9(2)4-3-5-13(9)16(14,15)7-6-11-12-8(7)10/h6H,3-5H2,1-2H3,(H3,10,11,12). The highest BCUT2D eigenvalue weighted by Gasteiger charge is 2.41. The van der Waals surface area contributed by atoms with Crippen LogP contribution < -0.4 is 5.73 Å². The molecule has 7 heteroatoms. The molecule has 0 radical (unpaired) electrons. The Morgan fingerprint density at radius 2 is 2.25 bits per heavy atom. The Labute approximate surface area is 94.9 Å². The molecule has 1 fully saturated rings. The van der Waals surface area contributed by atoms with Gasteiger partial charge in [-0.15, -0.1) is 0 Å². The van der Waals surface area contributed by atoms with E-state index in [1.54, 1.807) is 0 Å². The molecule has 1 aliphatic rings. The van der Waals surface area contributed by atoms with Crippen LogP contribution in [0.3, 0.4) is 0 Å². The van der Waals surface area contributed by atoms with Gasteiger partial charge in [0.1, 0.15) is 10.7 Å². The first kappa shape index (κ1) is 11.4. The molecule has 0 unspecified atom stereocenters. The molecule has 2 rings (SSSR count). The maximum atomic E-state index is 12.3. The second kappa shape index (κ2) is 3.46. The zero-order valence-corrected chi connectivity index (χ0v) is 10.2. The molecule has 90 valence electrons. The zero-order valence-electron chi connectivity index (χ0n) is 9.40. The van der Waals surface area contributed by atoms with Gasteiger partial charge in [-0.25, -0.2) is 8.42 Å². The van der Waals surface area contributed by atoms with E-state index in [-0.39, 0.29) is 16.3 Å². The summed E-state index contributed by atoms with van der Waals surface area (Å²) in [6, 6.07) is 0. The molecule has 2 heterocycles. The average molecular weight is 244 g/mol. The fourth-order valence-corrected chi connectivity index (χ4v) is 4.00. The Morgan fingerprint density at radius 3 is 2.69 bits per heavy atom. The van der Waals surface area contributed by atoms with E-state index in [1.807, 2.05) is 13.8 Å². The van der Waals surface area contributed by atoms with Gasteiger partial charge < -0.3 is 5.73 Å². The number of aromatic amines is 1. The maximum absolute atomic E-state index is 12.3. The summed E-state index contributed by atoms with van der Waals surface area (Å²) in [5, 5.41) is 6.10. The van der Waals surface area contributed by atoms with Crippen molar-refractivity contribution in [1.29, 1.82) is 0 Å². The van der Waals surface area contributed by atoms with Gasteiger partial charge in [-0.05, 0) is 26.7 Å². The molecule has 0 spiro atoms. The van der Waals surface area contributed by atoms with E-state index in [0.29, 0.717) is 6.54 Å². The van der Waals surface area contributed by atoms with Crippen molar-refractivity contribution >= 4 is 15.8 Å². The molecule has 0 atom stereocenters. The Kier molecular flexibility index (Phi) is 2.47. The molecule has 1 aromatic rings. The molecule has 6 nitrogen and oxygen atoms in total. The SMILES string of the molecule is CC1(C)CCCN1S(=O)(=O)c1cn[nH]c1N. The molecule has 0 saturated carbocycles. The van der Waals surface area contributed by atoms with Crippen LogP contribution in [0.4, 0.5) is 5.82 Å². The second-order valence-corrected chi connectivity index (χ2v) is 6.47. The smallest absolute Gasteiger partial charge is 0.248 e. The molecule has 0 amide bonds. The average Bonchev–Trinajstić information content (AvgIpc) is 2.71. The van der Waals surface area contributed by atoms with E-state index in [1.165, 1.54) is 10.5 Å². The summed E-state index contributed by atoms with van der Waals surface area (Å²) >= 11 is 0. The highest BCUT2D eigenvalue weighted by Crippen LogP contribution is 2.34. The fourth-order valence-electron chi connectivity index (χ4n) is 2.14. The van der Waals surface area contributed by atoms with Crippen LogP contribution in [0.25, 0.3) is 0 Å². The lowest BCUT2D eigenvalue weighted by molar-refractivity contribution is 0.292. The zero-order chi connectivity index (χ0) is 12.0. The summed E-state index contributed by atoms with van der Waals surface area (Å²) in [6.45, 7) is 4.39. The minimum Gasteiger partial charge on any atom is -0.383 e. The van der Waals surface area contributed by atoms with Crippen LogP contribution in [-0.2, 0) is 10.0 Å². The number of hydrogen-bond acceptors (Lipinski definition) is 4. The Balaban J connectivity index is 2.45. The third kappa shape index (κ3) is 1.60. The highest BCUT2D eigenvalue weighted by atomic mass is 32.2. The number of nitrogens with two attached hydrogens (primary N) is 1. The van der Waals surface area contributed by atoms with Gasteiger partial charge in [0.25, 0.3) is 0 Å². The summed E-state index contributed by atoms with van der Waals surface area (Å²) in [7, 11) is -3.52. The van der Waals surface area contributed by atoms with Crippen LogP contribution >= 0.6 is 0 Å². The Hall–Kier alpha value is -1.08. The van der Waals surface area contributed by atoms with E-state index in [2.05, 4.69) is 10.2 Å². The minimum atomic E-state index is -3.52. The van der Waals surface area contributed by atoms with Crippen molar-refractivity contribution in [3.8, 4) is 0 Å². The Bertz CT molecular complexity index is 491. The predicted molar refractivity (Wildman–Crippen MR) is 60.2 cm³/mol. The fraction of sp³-hybridized carbons (Fsp3) is 0.667. The van der Waals surface area contributed by atoms with Crippen molar-refractivity contribution in [3.63, 3.8) is 0 Å². The van der Waals surface area contributed by atoms with E-state index in [4.69, 9.17) is 5.73 Å². The van der Waals surface area contributed by atoms with Gasteiger partial charge in [0.05, 0.1) is 6.20 Å². The van der Waals surface area contributed by atoms with Gasteiger partial charge in [-0.1, -0.05) is 0 Å². The van der Waals surface area contributed by atoms with Gasteiger partial charge in [-0.3, -0.25) is 5.10 Å². The monoisotopic (exact) mass is 244 g/mol. The maximum Gasteiger partial charge on any atom is 0.248 e. The summed E-state index contributed by atoms with van der Waals surface area (Å²) in [5.41, 5.74) is 5.21. The number of sulfonamides is 1. The highest BCUT2D eigenvalue weighted by molar-refractivity contribution is 7.89. The van der Waals surface area contributed by atoms with Crippen molar-refractivity contribution in [3.05, 3.63) is 6.20 Å². The molecule has 1 aliphatic heterocycles. The van der Waals surface area contributed by atoms with Crippen LogP contribution in [0.1, 0.15) is 26.7 Å². The third-order valence-corrected chi connectivity index (χ3v) is 5.16. The van der Waals surface area contributed by atoms with Crippen LogP contribution in [0.2, 0.25) is 0 Å². The topological polar surface area (TPSA) is 92.1 Å². The molecule has 1 aromatic heterocycles. The Morgan fingerprint density at radius 1 is 1.56 bits per heavy atom. The van der Waals surface area contributed by atoms with Crippen LogP contribution in [0.5, 0.6) is 0 Å². The summed E-state index contributed by atoms with van der Waals surface area (Å²) in [6.07, 6.45) is 3.01. The summed E-state index contributed by atoms with van der Waals surface area (Å²) in [5.74, 6) is 0.0997. The first-order valence-electron chi connectivity index (χ1n) is 5.17. The molecular weight excluding hydrogens is 228 g/mol. The summed E-state index contributed by atoms with van der Waals surface area (Å²) in [4.78, 5) is 0.0717. The van der Waals surface area contributed by atoms with Crippen LogP contribution in [0.15, 0.2) is 11.1 Å². The minimum absolute atomic E-state index is 0.0717. The molecule has 3 N–H and O–H groups in total. The van der Waals surface area contributed by atoms with Gasteiger partial charge in [0.2, 0.25) is 10.0 Å². The number of nitrogens with zero attached hydrogens (tertiary/aromatic N) is 2. The van der Waals surface area contributed by atoms with Crippen molar-refractivity contribution in [2.45, 2.75) is 37.1 Å². The van der Waals surface area contributed by atoms with Crippen molar-refractivity contribution in [2.75, 3.05) is 12.3 Å². The molecule has 0 aromatic carbocycles. The largest absolute Gasteiger partial charge is 0.383 e. The van der Waals surface area contributed by atoms with E-state index >= 15 is 0 Å².